The second-order valence-corrected chi connectivity index (χ2v) is 9.06. The van der Waals surface area contributed by atoms with Crippen LogP contribution in [0.1, 0.15) is 63.1 Å². The van der Waals surface area contributed by atoms with Gasteiger partial charge in [-0.1, -0.05) is 11.6 Å². The molecule has 1 aliphatic carbocycles. The zero-order chi connectivity index (χ0) is 21.0. The molecule has 0 radical (unpaired) electrons. The van der Waals surface area contributed by atoms with E-state index in [0.29, 0.717) is 12.6 Å². The van der Waals surface area contributed by atoms with Crippen molar-refractivity contribution in [3.05, 3.63) is 35.8 Å². The number of likely N-dealkylation sites (tertiary alicyclic amines) is 1. The highest BCUT2D eigenvalue weighted by molar-refractivity contribution is 5.63. The Bertz CT molecular complexity index is 917. The van der Waals surface area contributed by atoms with Crippen LogP contribution in [0.3, 0.4) is 0 Å². The molecule has 0 bridgehead atoms. The molecule has 7 heteroatoms. The summed E-state index contributed by atoms with van der Waals surface area (Å²) in [5.41, 5.74) is 4.82. The fourth-order valence-electron chi connectivity index (χ4n) is 5.42. The van der Waals surface area contributed by atoms with Gasteiger partial charge in [0, 0.05) is 31.4 Å². The first-order valence-corrected chi connectivity index (χ1v) is 12.0. The molecule has 1 atom stereocenters. The summed E-state index contributed by atoms with van der Waals surface area (Å²) in [4.78, 5) is 14.4. The lowest BCUT2D eigenvalue weighted by Gasteiger charge is -2.28. The molecular weight excluding hydrogens is 388 g/mol. The maximum atomic E-state index is 9.67. The van der Waals surface area contributed by atoms with Gasteiger partial charge in [0.05, 0.1) is 36.8 Å². The van der Waals surface area contributed by atoms with Crippen molar-refractivity contribution < 1.29 is 5.11 Å². The lowest BCUT2D eigenvalue weighted by molar-refractivity contribution is 0.241. The van der Waals surface area contributed by atoms with Gasteiger partial charge in [-0.2, -0.15) is 5.10 Å². The Balaban J connectivity index is 1.47. The number of anilines is 1. The lowest BCUT2D eigenvalue weighted by Crippen LogP contribution is -2.28. The molecule has 2 fully saturated rings. The van der Waals surface area contributed by atoms with Gasteiger partial charge < -0.3 is 10.0 Å². The van der Waals surface area contributed by atoms with Crippen molar-refractivity contribution in [1.29, 1.82) is 0 Å². The van der Waals surface area contributed by atoms with Crippen molar-refractivity contribution in [2.45, 2.75) is 64.0 Å². The normalized spacial score (nSPS) is 22.3. The fraction of sp³-hybridized carbons (Fsp3) is 0.625. The van der Waals surface area contributed by atoms with E-state index in [1.807, 2.05) is 23.1 Å². The van der Waals surface area contributed by atoms with Crippen molar-refractivity contribution in [3.8, 4) is 11.3 Å². The van der Waals surface area contributed by atoms with Gasteiger partial charge in [-0.25, -0.2) is 9.97 Å². The molecule has 7 nitrogen and oxygen atoms in total. The van der Waals surface area contributed by atoms with Crippen molar-refractivity contribution >= 4 is 5.95 Å². The first-order valence-electron chi connectivity index (χ1n) is 12.0. The average molecular weight is 423 g/mol. The Morgan fingerprint density at radius 3 is 2.77 bits per heavy atom. The van der Waals surface area contributed by atoms with E-state index in [0.717, 1.165) is 49.8 Å². The molecular formula is C24H34N6O. The van der Waals surface area contributed by atoms with E-state index in [-0.39, 0.29) is 6.61 Å². The second-order valence-electron chi connectivity index (χ2n) is 9.06. The minimum absolute atomic E-state index is 0.0921. The van der Waals surface area contributed by atoms with E-state index in [9.17, 15) is 5.11 Å². The molecule has 0 aromatic carbocycles. The van der Waals surface area contributed by atoms with E-state index in [1.165, 1.54) is 50.6 Å². The van der Waals surface area contributed by atoms with Crippen LogP contribution in [0, 0.1) is 0 Å². The Morgan fingerprint density at radius 2 is 1.97 bits per heavy atom. The number of aliphatic hydroxyl groups is 1. The van der Waals surface area contributed by atoms with Gasteiger partial charge in [-0.3, -0.25) is 9.58 Å². The van der Waals surface area contributed by atoms with Crippen LogP contribution in [0.5, 0.6) is 0 Å². The maximum absolute atomic E-state index is 9.67. The molecule has 31 heavy (non-hydrogen) atoms. The SMILES string of the molecule is OCCn1ncc(-c2ccnc(N3CCCC3)n2)c1[C@H]1CCCN1CC1=CCCCC1. The Labute approximate surface area is 184 Å². The highest BCUT2D eigenvalue weighted by atomic mass is 16.3. The van der Waals surface area contributed by atoms with E-state index in [2.05, 4.69) is 26.0 Å². The van der Waals surface area contributed by atoms with Crippen LogP contribution in [0.15, 0.2) is 30.1 Å². The van der Waals surface area contributed by atoms with Gasteiger partial charge in [-0.15, -0.1) is 0 Å². The molecule has 0 spiro atoms. The van der Waals surface area contributed by atoms with Gasteiger partial charge >= 0.3 is 0 Å². The van der Waals surface area contributed by atoms with E-state index < -0.39 is 0 Å². The predicted octanol–water partition coefficient (Wildman–Crippen LogP) is 3.57. The van der Waals surface area contributed by atoms with Gasteiger partial charge in [0.1, 0.15) is 0 Å². The molecule has 2 saturated heterocycles. The van der Waals surface area contributed by atoms with Gasteiger partial charge in [0.2, 0.25) is 5.95 Å². The molecule has 2 aromatic rings. The zero-order valence-electron chi connectivity index (χ0n) is 18.4. The molecule has 0 amide bonds. The van der Waals surface area contributed by atoms with E-state index in [1.54, 1.807) is 5.57 Å². The quantitative estimate of drug-likeness (QED) is 0.688. The molecule has 2 aromatic heterocycles. The molecule has 0 saturated carbocycles. The minimum Gasteiger partial charge on any atom is -0.394 e. The number of allylic oxidation sites excluding steroid dienone is 1. The second kappa shape index (κ2) is 9.49. The number of hydrogen-bond donors (Lipinski definition) is 1. The zero-order valence-corrected chi connectivity index (χ0v) is 18.4. The molecule has 1 N–H and O–H groups in total. The first-order chi connectivity index (χ1) is 15.3. The molecule has 3 aliphatic rings. The van der Waals surface area contributed by atoms with Crippen molar-refractivity contribution in [2.24, 2.45) is 0 Å². The summed E-state index contributed by atoms with van der Waals surface area (Å²) in [6.45, 7) is 4.85. The smallest absolute Gasteiger partial charge is 0.225 e. The Hall–Kier alpha value is -2.25. The highest BCUT2D eigenvalue weighted by Crippen LogP contribution is 2.38. The summed E-state index contributed by atoms with van der Waals surface area (Å²) in [7, 11) is 0. The summed E-state index contributed by atoms with van der Waals surface area (Å²) in [6.07, 6.45) is 16.1. The van der Waals surface area contributed by atoms with Crippen LogP contribution in [0.2, 0.25) is 0 Å². The van der Waals surface area contributed by atoms with Crippen LogP contribution in [0.4, 0.5) is 5.95 Å². The van der Waals surface area contributed by atoms with Gasteiger partial charge in [0.15, 0.2) is 0 Å². The number of aromatic nitrogens is 4. The molecule has 0 unspecified atom stereocenters. The molecule has 4 heterocycles. The Morgan fingerprint density at radius 1 is 1.06 bits per heavy atom. The first kappa shape index (κ1) is 20.6. The molecule has 5 rings (SSSR count). The fourth-order valence-corrected chi connectivity index (χ4v) is 5.42. The van der Waals surface area contributed by atoms with Crippen LogP contribution in [-0.4, -0.2) is 62.5 Å². The third kappa shape index (κ3) is 4.39. The summed E-state index contributed by atoms with van der Waals surface area (Å²) in [6, 6.07) is 2.32. The summed E-state index contributed by atoms with van der Waals surface area (Å²) < 4.78 is 2.01. The summed E-state index contributed by atoms with van der Waals surface area (Å²) in [5.74, 6) is 0.825. The average Bonchev–Trinajstić information content (AvgIpc) is 3.56. The number of rotatable bonds is 7. The topological polar surface area (TPSA) is 70.3 Å². The van der Waals surface area contributed by atoms with E-state index >= 15 is 0 Å². The van der Waals surface area contributed by atoms with Crippen molar-refractivity contribution in [1.82, 2.24) is 24.6 Å². The van der Waals surface area contributed by atoms with Gasteiger partial charge in [0.25, 0.3) is 0 Å². The van der Waals surface area contributed by atoms with E-state index in [4.69, 9.17) is 4.98 Å². The summed E-state index contributed by atoms with van der Waals surface area (Å²) >= 11 is 0. The number of nitrogens with zero attached hydrogens (tertiary/aromatic N) is 6. The van der Waals surface area contributed by atoms with Crippen LogP contribution < -0.4 is 4.90 Å². The third-order valence-electron chi connectivity index (χ3n) is 6.97. The summed E-state index contributed by atoms with van der Waals surface area (Å²) in [5, 5.41) is 14.3. The van der Waals surface area contributed by atoms with Crippen molar-refractivity contribution in [2.75, 3.05) is 37.7 Å². The molecule has 2 aliphatic heterocycles. The van der Waals surface area contributed by atoms with Gasteiger partial charge in [-0.05, 0) is 64.0 Å². The lowest BCUT2D eigenvalue weighted by atomic mass is 9.98. The van der Waals surface area contributed by atoms with Crippen molar-refractivity contribution in [3.63, 3.8) is 0 Å². The standard InChI is InChI=1S/C24H34N6O/c31-16-15-30-23(22-9-6-14-29(22)18-19-7-2-1-3-8-19)20(17-26-30)21-10-11-25-24(27-21)28-12-4-5-13-28/h7,10-11,17,22,31H,1-6,8-9,12-16,18H2/t22-/m1/s1. The van der Waals surface area contributed by atoms with Crippen LogP contribution in [-0.2, 0) is 6.54 Å². The highest BCUT2D eigenvalue weighted by Gasteiger charge is 2.32. The number of aliphatic hydroxyl groups excluding tert-OH is 1. The van der Waals surface area contributed by atoms with Crippen LogP contribution >= 0.6 is 0 Å². The number of hydrogen-bond acceptors (Lipinski definition) is 6. The maximum Gasteiger partial charge on any atom is 0.225 e. The molecule has 166 valence electrons. The Kier molecular flexibility index (Phi) is 6.32. The predicted molar refractivity (Wildman–Crippen MR) is 122 cm³/mol. The van der Waals surface area contributed by atoms with Crippen LogP contribution in [0.25, 0.3) is 11.3 Å². The monoisotopic (exact) mass is 422 g/mol. The largest absolute Gasteiger partial charge is 0.394 e. The minimum atomic E-state index is 0.0921. The third-order valence-corrected chi connectivity index (χ3v) is 6.97.